The zero-order chi connectivity index (χ0) is 25.8. The molecule has 0 aromatic heterocycles. The molecule has 0 spiro atoms. The quantitative estimate of drug-likeness (QED) is 0.0689. The SMILES string of the molecule is CCCCCCC/C=C/C=C/[C@@H](O)[C@H](CO)NC(=O)CCCCCCC/C=C/CCCCCCC. The molecule has 4 heteroatoms. The second-order valence-corrected chi connectivity index (χ2v) is 9.84. The van der Waals surface area contributed by atoms with E-state index in [1.165, 1.54) is 83.5 Å². The van der Waals surface area contributed by atoms with Gasteiger partial charge in [-0.25, -0.2) is 0 Å². The Morgan fingerprint density at radius 2 is 1.17 bits per heavy atom. The van der Waals surface area contributed by atoms with E-state index < -0.39 is 12.1 Å². The predicted molar refractivity (Wildman–Crippen MR) is 152 cm³/mol. The normalized spacial score (nSPS) is 13.8. The van der Waals surface area contributed by atoms with Gasteiger partial charge in [-0.2, -0.15) is 0 Å². The van der Waals surface area contributed by atoms with E-state index in [1.54, 1.807) is 12.2 Å². The molecule has 0 aromatic carbocycles. The number of aliphatic hydroxyl groups is 2. The summed E-state index contributed by atoms with van der Waals surface area (Å²) in [6, 6.07) is -0.653. The Kier molecular flexibility index (Phi) is 26.1. The number of rotatable bonds is 25. The van der Waals surface area contributed by atoms with E-state index in [0.717, 1.165) is 32.1 Å². The van der Waals surface area contributed by atoms with Gasteiger partial charge in [0.1, 0.15) is 0 Å². The summed E-state index contributed by atoms with van der Waals surface area (Å²) in [4.78, 5) is 12.2. The average molecular weight is 492 g/mol. The molecule has 2 atom stereocenters. The van der Waals surface area contributed by atoms with Crippen molar-refractivity contribution in [1.82, 2.24) is 5.32 Å². The summed E-state index contributed by atoms with van der Waals surface area (Å²) in [6.07, 6.45) is 33.6. The van der Waals surface area contributed by atoms with Crippen molar-refractivity contribution >= 4 is 5.91 Å². The van der Waals surface area contributed by atoms with Crippen LogP contribution >= 0.6 is 0 Å². The Morgan fingerprint density at radius 3 is 1.71 bits per heavy atom. The van der Waals surface area contributed by atoms with Crippen molar-refractivity contribution in [2.75, 3.05) is 6.61 Å². The van der Waals surface area contributed by atoms with Crippen LogP contribution in [0.1, 0.15) is 136 Å². The van der Waals surface area contributed by atoms with Crippen molar-refractivity contribution in [3.05, 3.63) is 36.5 Å². The minimum atomic E-state index is -0.887. The van der Waals surface area contributed by atoms with Crippen molar-refractivity contribution in [1.29, 1.82) is 0 Å². The molecule has 0 aliphatic heterocycles. The van der Waals surface area contributed by atoms with Crippen molar-refractivity contribution in [2.45, 2.75) is 148 Å². The summed E-state index contributed by atoms with van der Waals surface area (Å²) in [7, 11) is 0. The van der Waals surface area contributed by atoms with Crippen molar-refractivity contribution < 1.29 is 15.0 Å². The number of carbonyl (C=O) groups excluding carboxylic acids is 1. The number of nitrogens with one attached hydrogen (secondary N) is 1. The molecular formula is C31H57NO3. The van der Waals surface area contributed by atoms with Crippen molar-refractivity contribution in [3.8, 4) is 0 Å². The van der Waals surface area contributed by atoms with E-state index in [9.17, 15) is 15.0 Å². The lowest BCUT2D eigenvalue weighted by Crippen LogP contribution is -2.45. The van der Waals surface area contributed by atoms with E-state index >= 15 is 0 Å². The fourth-order valence-electron chi connectivity index (χ4n) is 4.05. The number of amides is 1. The molecule has 1 amide bonds. The third kappa shape index (κ3) is 24.1. The van der Waals surface area contributed by atoms with Gasteiger partial charge in [0, 0.05) is 6.42 Å². The summed E-state index contributed by atoms with van der Waals surface area (Å²) >= 11 is 0. The molecule has 0 saturated carbocycles. The monoisotopic (exact) mass is 491 g/mol. The number of carbonyl (C=O) groups is 1. The molecule has 0 fully saturated rings. The molecule has 0 heterocycles. The van der Waals surface area contributed by atoms with E-state index in [1.807, 2.05) is 6.08 Å². The highest BCUT2D eigenvalue weighted by Gasteiger charge is 2.17. The van der Waals surface area contributed by atoms with Crippen LogP contribution in [0.4, 0.5) is 0 Å². The van der Waals surface area contributed by atoms with Crippen LogP contribution in [0.15, 0.2) is 36.5 Å². The number of hydrogen-bond acceptors (Lipinski definition) is 3. The number of hydrogen-bond donors (Lipinski definition) is 3. The van der Waals surface area contributed by atoms with Gasteiger partial charge < -0.3 is 15.5 Å². The summed E-state index contributed by atoms with van der Waals surface area (Å²) in [5, 5.41) is 22.6. The van der Waals surface area contributed by atoms with Gasteiger partial charge >= 0.3 is 0 Å². The Bertz CT molecular complexity index is 541. The minimum absolute atomic E-state index is 0.0963. The summed E-state index contributed by atoms with van der Waals surface area (Å²) in [5.41, 5.74) is 0. The molecule has 0 aliphatic rings. The molecule has 4 nitrogen and oxygen atoms in total. The summed E-state index contributed by atoms with van der Waals surface area (Å²) in [5.74, 6) is -0.0963. The Labute approximate surface area is 217 Å². The second-order valence-electron chi connectivity index (χ2n) is 9.84. The molecule has 204 valence electrons. The zero-order valence-corrected chi connectivity index (χ0v) is 23.1. The number of allylic oxidation sites excluding steroid dienone is 5. The van der Waals surface area contributed by atoms with Crippen LogP contribution in [0.2, 0.25) is 0 Å². The topological polar surface area (TPSA) is 69.6 Å². The average Bonchev–Trinajstić information content (AvgIpc) is 2.86. The molecule has 3 N–H and O–H groups in total. The van der Waals surface area contributed by atoms with Gasteiger partial charge in [-0.1, -0.05) is 121 Å². The molecule has 0 saturated heterocycles. The van der Waals surface area contributed by atoms with Crippen LogP contribution in [0, 0.1) is 0 Å². The first-order valence-electron chi connectivity index (χ1n) is 14.7. The van der Waals surface area contributed by atoms with E-state index in [-0.39, 0.29) is 12.5 Å². The van der Waals surface area contributed by atoms with Gasteiger partial charge in [0.15, 0.2) is 0 Å². The Balaban J connectivity index is 3.76. The first-order chi connectivity index (χ1) is 17.2. The van der Waals surface area contributed by atoms with Gasteiger partial charge in [0.05, 0.1) is 18.8 Å². The fraction of sp³-hybridized carbons (Fsp3) is 0.774. The highest BCUT2D eigenvalue weighted by molar-refractivity contribution is 5.76. The molecule has 35 heavy (non-hydrogen) atoms. The van der Waals surface area contributed by atoms with Crippen LogP contribution in [0.25, 0.3) is 0 Å². The second kappa shape index (κ2) is 27.2. The Morgan fingerprint density at radius 1 is 0.686 bits per heavy atom. The van der Waals surface area contributed by atoms with Gasteiger partial charge in [-0.05, 0) is 44.9 Å². The van der Waals surface area contributed by atoms with Crippen molar-refractivity contribution in [3.63, 3.8) is 0 Å². The first kappa shape index (κ1) is 33.6. The largest absolute Gasteiger partial charge is 0.394 e. The Hall–Kier alpha value is -1.39. The van der Waals surface area contributed by atoms with Crippen LogP contribution in [-0.4, -0.2) is 34.9 Å². The molecule has 0 radical (unpaired) electrons. The van der Waals surface area contributed by atoms with Crippen LogP contribution in [-0.2, 0) is 4.79 Å². The highest BCUT2D eigenvalue weighted by atomic mass is 16.3. The van der Waals surface area contributed by atoms with Gasteiger partial charge in [-0.15, -0.1) is 0 Å². The predicted octanol–water partition coefficient (Wildman–Crippen LogP) is 7.94. The lowest BCUT2D eigenvalue weighted by molar-refractivity contribution is -0.123. The van der Waals surface area contributed by atoms with E-state index in [0.29, 0.717) is 6.42 Å². The lowest BCUT2D eigenvalue weighted by Gasteiger charge is -2.19. The smallest absolute Gasteiger partial charge is 0.220 e. The molecule has 0 rings (SSSR count). The summed E-state index contributed by atoms with van der Waals surface area (Å²) < 4.78 is 0. The maximum absolute atomic E-state index is 12.2. The fourth-order valence-corrected chi connectivity index (χ4v) is 4.05. The maximum atomic E-state index is 12.2. The van der Waals surface area contributed by atoms with Crippen LogP contribution in [0.5, 0.6) is 0 Å². The first-order valence-corrected chi connectivity index (χ1v) is 14.7. The number of unbranched alkanes of at least 4 members (excludes halogenated alkanes) is 15. The van der Waals surface area contributed by atoms with Gasteiger partial charge in [0.25, 0.3) is 0 Å². The maximum Gasteiger partial charge on any atom is 0.220 e. The van der Waals surface area contributed by atoms with Crippen LogP contribution in [0.3, 0.4) is 0 Å². The molecule has 0 bridgehead atoms. The lowest BCUT2D eigenvalue weighted by atomic mass is 10.1. The molecule has 0 aromatic rings. The van der Waals surface area contributed by atoms with E-state index in [2.05, 4.69) is 37.4 Å². The van der Waals surface area contributed by atoms with Crippen LogP contribution < -0.4 is 5.32 Å². The molecule has 0 unspecified atom stereocenters. The minimum Gasteiger partial charge on any atom is -0.394 e. The van der Waals surface area contributed by atoms with Gasteiger partial charge in [-0.3, -0.25) is 4.79 Å². The highest BCUT2D eigenvalue weighted by Crippen LogP contribution is 2.10. The standard InChI is InChI=1S/C31H57NO3/c1-3-5-7-9-11-13-14-15-16-17-19-21-23-25-27-31(35)32-29(28-33)30(34)26-24-22-20-18-12-10-8-6-4-2/h14-15,20,22,24,26,29-30,33-34H,3-13,16-19,21,23,25,27-28H2,1-2H3,(H,32,35)/b15-14+,22-20+,26-24+/t29-,30+/m0/s1. The third-order valence-corrected chi connectivity index (χ3v) is 6.40. The number of aliphatic hydroxyl groups excluding tert-OH is 2. The van der Waals surface area contributed by atoms with Gasteiger partial charge in [0.2, 0.25) is 5.91 Å². The molecule has 0 aliphatic carbocycles. The van der Waals surface area contributed by atoms with E-state index in [4.69, 9.17) is 0 Å². The molecular weight excluding hydrogens is 434 g/mol. The summed E-state index contributed by atoms with van der Waals surface area (Å²) in [6.45, 7) is 4.20. The zero-order valence-electron chi connectivity index (χ0n) is 23.1. The third-order valence-electron chi connectivity index (χ3n) is 6.40. The van der Waals surface area contributed by atoms with Crippen molar-refractivity contribution in [2.24, 2.45) is 0 Å².